The fraction of sp³-hybridized carbons (Fsp3) is 0.238. The van der Waals surface area contributed by atoms with E-state index in [-0.39, 0.29) is 29.1 Å². The Labute approximate surface area is 167 Å². The lowest BCUT2D eigenvalue weighted by Crippen LogP contribution is -2.40. The van der Waals surface area contributed by atoms with Gasteiger partial charge >= 0.3 is 0 Å². The summed E-state index contributed by atoms with van der Waals surface area (Å²) in [6.45, 7) is 0. The lowest BCUT2D eigenvalue weighted by molar-refractivity contribution is -0.141. The second kappa shape index (κ2) is 7.11. The Balaban J connectivity index is 1.92. The maximum atomic E-state index is 14.7. The van der Waals surface area contributed by atoms with Crippen molar-refractivity contribution in [1.82, 2.24) is 4.90 Å². The van der Waals surface area contributed by atoms with Gasteiger partial charge in [-0.15, -0.1) is 0 Å². The summed E-state index contributed by atoms with van der Waals surface area (Å²) in [5.41, 5.74) is 0.106. The van der Waals surface area contributed by atoms with Gasteiger partial charge in [-0.2, -0.15) is 0 Å². The Morgan fingerprint density at radius 2 is 1.69 bits per heavy atom. The summed E-state index contributed by atoms with van der Waals surface area (Å²) in [6.07, 6.45) is 0.158. The Morgan fingerprint density at radius 3 is 2.31 bits per heavy atom. The van der Waals surface area contributed by atoms with E-state index >= 15 is 0 Å². The van der Waals surface area contributed by atoms with Crippen molar-refractivity contribution in [2.45, 2.75) is 18.5 Å². The number of rotatable bonds is 3. The monoisotopic (exact) mass is 415 g/mol. The SMILES string of the molecule is O=C1C(=O)N([C@@H]2CCS(=O)(=O)C2)[C@@H](c2ccccc2F)C1=C(O)c1ccccc1. The molecule has 0 unspecified atom stereocenters. The largest absolute Gasteiger partial charge is 0.507 e. The minimum Gasteiger partial charge on any atom is -0.507 e. The van der Waals surface area contributed by atoms with E-state index in [4.69, 9.17) is 0 Å². The number of carbonyl (C=O) groups is 2. The molecule has 1 N–H and O–H groups in total. The van der Waals surface area contributed by atoms with Gasteiger partial charge in [0.15, 0.2) is 9.84 Å². The number of nitrogens with zero attached hydrogens (tertiary/aromatic N) is 1. The van der Waals surface area contributed by atoms with Crippen molar-refractivity contribution >= 4 is 27.3 Å². The highest BCUT2D eigenvalue weighted by Crippen LogP contribution is 2.42. The van der Waals surface area contributed by atoms with Crippen molar-refractivity contribution in [1.29, 1.82) is 0 Å². The zero-order valence-electron chi connectivity index (χ0n) is 15.3. The second-order valence-electron chi connectivity index (χ2n) is 7.15. The van der Waals surface area contributed by atoms with E-state index in [9.17, 15) is 27.5 Å². The summed E-state index contributed by atoms with van der Waals surface area (Å²) < 4.78 is 38.6. The molecule has 1 amide bonds. The van der Waals surface area contributed by atoms with Crippen molar-refractivity contribution in [3.05, 3.63) is 77.1 Å². The number of likely N-dealkylation sites (tertiary alicyclic amines) is 1. The molecule has 150 valence electrons. The fourth-order valence-corrected chi connectivity index (χ4v) is 5.69. The van der Waals surface area contributed by atoms with Crippen molar-refractivity contribution in [3.8, 4) is 0 Å². The summed E-state index contributed by atoms with van der Waals surface area (Å²) in [4.78, 5) is 26.8. The van der Waals surface area contributed by atoms with Crippen LogP contribution in [0.25, 0.3) is 5.76 Å². The first-order valence-electron chi connectivity index (χ1n) is 9.10. The van der Waals surface area contributed by atoms with Crippen LogP contribution in [-0.2, 0) is 19.4 Å². The van der Waals surface area contributed by atoms with Crippen LogP contribution in [0.4, 0.5) is 4.39 Å². The predicted octanol–water partition coefficient (Wildman–Crippen LogP) is 2.43. The summed E-state index contributed by atoms with van der Waals surface area (Å²) in [7, 11) is -3.36. The van der Waals surface area contributed by atoms with Crippen LogP contribution < -0.4 is 0 Å². The zero-order valence-corrected chi connectivity index (χ0v) is 16.1. The number of halogens is 1. The van der Waals surface area contributed by atoms with Crippen LogP contribution in [-0.4, -0.2) is 47.7 Å². The number of aliphatic hydroxyl groups is 1. The third-order valence-electron chi connectivity index (χ3n) is 5.33. The zero-order chi connectivity index (χ0) is 20.8. The average molecular weight is 415 g/mol. The number of sulfone groups is 1. The number of ketones is 1. The van der Waals surface area contributed by atoms with Crippen LogP contribution in [0.5, 0.6) is 0 Å². The van der Waals surface area contributed by atoms with Gasteiger partial charge in [0, 0.05) is 17.2 Å². The molecule has 2 atom stereocenters. The molecule has 0 aliphatic carbocycles. The molecule has 2 aliphatic heterocycles. The van der Waals surface area contributed by atoms with Crippen molar-refractivity contribution < 1.29 is 27.5 Å². The van der Waals surface area contributed by atoms with Gasteiger partial charge in [-0.3, -0.25) is 9.59 Å². The topological polar surface area (TPSA) is 91.8 Å². The molecule has 2 aliphatic rings. The molecule has 0 spiro atoms. The van der Waals surface area contributed by atoms with Crippen LogP contribution in [0.2, 0.25) is 0 Å². The summed E-state index contributed by atoms with van der Waals surface area (Å²) >= 11 is 0. The second-order valence-corrected chi connectivity index (χ2v) is 9.38. The molecule has 8 heteroatoms. The standard InChI is InChI=1S/C21H18FNO5S/c22-16-9-5-4-8-15(16)18-17(19(24)13-6-2-1-3-7-13)20(25)21(26)23(18)14-10-11-29(27,28)12-14/h1-9,14,18,24H,10-12H2/t14-,18+/m1/s1. The molecule has 0 radical (unpaired) electrons. The van der Waals surface area contributed by atoms with Gasteiger partial charge in [0.25, 0.3) is 11.7 Å². The summed E-state index contributed by atoms with van der Waals surface area (Å²) in [6, 6.07) is 11.9. The third-order valence-corrected chi connectivity index (χ3v) is 7.08. The first-order chi connectivity index (χ1) is 13.8. The van der Waals surface area contributed by atoms with E-state index in [2.05, 4.69) is 0 Å². The normalized spacial score (nSPS) is 25.5. The van der Waals surface area contributed by atoms with Crippen molar-refractivity contribution in [3.63, 3.8) is 0 Å². The Kier molecular flexibility index (Phi) is 4.74. The number of hydrogen-bond donors (Lipinski definition) is 1. The average Bonchev–Trinajstić information content (AvgIpc) is 3.19. The maximum absolute atomic E-state index is 14.7. The molecule has 2 aromatic rings. The Hall–Kier alpha value is -3.00. The smallest absolute Gasteiger partial charge is 0.295 e. The van der Waals surface area contributed by atoms with Gasteiger partial charge in [0.2, 0.25) is 0 Å². The molecule has 6 nitrogen and oxygen atoms in total. The van der Waals surface area contributed by atoms with E-state index in [0.29, 0.717) is 5.56 Å². The van der Waals surface area contributed by atoms with Crippen LogP contribution in [0.3, 0.4) is 0 Å². The number of Topliss-reactive ketones (excluding diaryl/α,β-unsaturated/α-hetero) is 1. The molecule has 0 aromatic heterocycles. The van der Waals surface area contributed by atoms with Crippen LogP contribution in [0, 0.1) is 5.82 Å². The lowest BCUT2D eigenvalue weighted by atomic mass is 9.94. The van der Waals surface area contributed by atoms with Crippen molar-refractivity contribution in [2.24, 2.45) is 0 Å². The molecule has 2 aromatic carbocycles. The highest BCUT2D eigenvalue weighted by molar-refractivity contribution is 7.91. The Morgan fingerprint density at radius 1 is 1.03 bits per heavy atom. The molecule has 2 saturated heterocycles. The number of aliphatic hydroxyl groups excluding tert-OH is 1. The maximum Gasteiger partial charge on any atom is 0.295 e. The van der Waals surface area contributed by atoms with Gasteiger partial charge in [0.1, 0.15) is 11.6 Å². The van der Waals surface area contributed by atoms with Crippen LogP contribution in [0.15, 0.2) is 60.2 Å². The molecule has 0 saturated carbocycles. The minimum absolute atomic E-state index is 0.0356. The number of benzene rings is 2. The predicted molar refractivity (Wildman–Crippen MR) is 104 cm³/mol. The van der Waals surface area contributed by atoms with Crippen LogP contribution >= 0.6 is 0 Å². The molecule has 4 rings (SSSR count). The van der Waals surface area contributed by atoms with E-state index in [0.717, 1.165) is 4.90 Å². The lowest BCUT2D eigenvalue weighted by Gasteiger charge is -2.30. The van der Waals surface area contributed by atoms with Gasteiger partial charge in [-0.1, -0.05) is 48.5 Å². The van der Waals surface area contributed by atoms with Gasteiger partial charge in [-0.25, -0.2) is 12.8 Å². The molecule has 2 fully saturated rings. The van der Waals surface area contributed by atoms with Gasteiger partial charge in [0.05, 0.1) is 23.1 Å². The molecule has 2 heterocycles. The quantitative estimate of drug-likeness (QED) is 0.472. The molecular weight excluding hydrogens is 397 g/mol. The number of hydrogen-bond acceptors (Lipinski definition) is 5. The number of carbonyl (C=O) groups excluding carboxylic acids is 2. The van der Waals surface area contributed by atoms with E-state index in [1.54, 1.807) is 36.4 Å². The molecule has 29 heavy (non-hydrogen) atoms. The third kappa shape index (κ3) is 3.33. The van der Waals surface area contributed by atoms with Gasteiger partial charge < -0.3 is 10.0 Å². The highest BCUT2D eigenvalue weighted by atomic mass is 32.2. The van der Waals surface area contributed by atoms with E-state index in [1.807, 2.05) is 0 Å². The molecular formula is C21H18FNO5S. The first-order valence-corrected chi connectivity index (χ1v) is 10.9. The first kappa shape index (κ1) is 19.3. The Bertz CT molecular complexity index is 1130. The fourth-order valence-electron chi connectivity index (χ4n) is 3.98. The van der Waals surface area contributed by atoms with Crippen LogP contribution in [0.1, 0.15) is 23.6 Å². The number of amides is 1. The van der Waals surface area contributed by atoms with Gasteiger partial charge in [-0.05, 0) is 12.5 Å². The van der Waals surface area contributed by atoms with Crippen molar-refractivity contribution in [2.75, 3.05) is 11.5 Å². The van der Waals surface area contributed by atoms with E-state index < -0.39 is 45.2 Å². The summed E-state index contributed by atoms with van der Waals surface area (Å²) in [5, 5.41) is 10.8. The summed E-state index contributed by atoms with van der Waals surface area (Å²) in [5.74, 6) is -3.36. The highest BCUT2D eigenvalue weighted by Gasteiger charge is 2.51. The van der Waals surface area contributed by atoms with E-state index in [1.165, 1.54) is 18.2 Å². The minimum atomic E-state index is -3.36. The molecule has 0 bridgehead atoms.